The molecule has 0 rings (SSSR count). The largest absolute Gasteiger partial charge is 0.480 e. The van der Waals surface area contributed by atoms with Crippen LogP contribution in [-0.2, 0) is 23.8 Å². The van der Waals surface area contributed by atoms with Crippen molar-refractivity contribution in [2.24, 2.45) is 0 Å². The zero-order valence-corrected chi connectivity index (χ0v) is 22.9. The van der Waals surface area contributed by atoms with Crippen LogP contribution in [0.15, 0.2) is 0 Å². The summed E-state index contributed by atoms with van der Waals surface area (Å²) in [5, 5.41) is 14.2. The number of nitrogens with zero attached hydrogens (tertiary/aromatic N) is 2. The van der Waals surface area contributed by atoms with E-state index in [4.69, 9.17) is 14.2 Å². The fourth-order valence-electron chi connectivity index (χ4n) is 2.49. The molecule has 0 atom stereocenters. The van der Waals surface area contributed by atoms with E-state index in [1.54, 1.807) is 62.3 Å². The van der Waals surface area contributed by atoms with Gasteiger partial charge in [0.2, 0.25) is 5.91 Å². The molecule has 0 aliphatic rings. The summed E-state index contributed by atoms with van der Waals surface area (Å²) in [6.45, 7) is 13.6. The maximum Gasteiger partial charge on any atom is 0.410 e. The molecular formula is C23H42N4O9. The van der Waals surface area contributed by atoms with Crippen molar-refractivity contribution in [3.8, 4) is 0 Å². The van der Waals surface area contributed by atoms with Crippen LogP contribution in [0.4, 0.5) is 14.4 Å². The van der Waals surface area contributed by atoms with Crippen molar-refractivity contribution in [3.63, 3.8) is 0 Å². The Hall–Kier alpha value is -3.25. The second-order valence-electron chi connectivity index (χ2n) is 11.0. The smallest absolute Gasteiger partial charge is 0.410 e. The van der Waals surface area contributed by atoms with Gasteiger partial charge in [0.25, 0.3) is 0 Å². The Labute approximate surface area is 212 Å². The van der Waals surface area contributed by atoms with Gasteiger partial charge in [-0.3, -0.25) is 14.5 Å². The second kappa shape index (κ2) is 13.7. The lowest BCUT2D eigenvalue weighted by molar-refractivity contribution is -0.144. The number of carboxylic acid groups (broad SMARTS) is 1. The predicted octanol–water partition coefficient (Wildman–Crippen LogP) is 2.19. The molecule has 0 aromatic carbocycles. The number of hydrogen-bond acceptors (Lipinski definition) is 8. The highest BCUT2D eigenvalue weighted by molar-refractivity contribution is 5.85. The summed E-state index contributed by atoms with van der Waals surface area (Å²) < 4.78 is 15.6. The average molecular weight is 519 g/mol. The van der Waals surface area contributed by atoms with Crippen LogP contribution in [-0.4, -0.2) is 101 Å². The molecule has 0 heterocycles. The van der Waals surface area contributed by atoms with Crippen molar-refractivity contribution in [2.45, 2.75) is 79.1 Å². The number of carbonyl (C=O) groups excluding carboxylic acids is 4. The van der Waals surface area contributed by atoms with Gasteiger partial charge in [0.05, 0.1) is 0 Å². The highest BCUT2D eigenvalue weighted by Gasteiger charge is 2.27. The summed E-state index contributed by atoms with van der Waals surface area (Å²) in [5.41, 5.74) is -2.29. The van der Waals surface area contributed by atoms with Crippen molar-refractivity contribution >= 4 is 30.2 Å². The van der Waals surface area contributed by atoms with Gasteiger partial charge in [0.1, 0.15) is 29.9 Å². The van der Waals surface area contributed by atoms with Crippen molar-refractivity contribution in [2.75, 3.05) is 39.3 Å². The predicted molar refractivity (Wildman–Crippen MR) is 130 cm³/mol. The number of rotatable bonds is 10. The van der Waals surface area contributed by atoms with Crippen molar-refractivity contribution in [1.82, 2.24) is 20.4 Å². The Bertz CT molecular complexity index is 780. The summed E-state index contributed by atoms with van der Waals surface area (Å²) in [6.07, 6.45) is -2.23. The third-order valence-corrected chi connectivity index (χ3v) is 3.76. The van der Waals surface area contributed by atoms with E-state index in [1.807, 2.05) is 0 Å². The summed E-state index contributed by atoms with van der Waals surface area (Å²) in [6, 6.07) is 0. The van der Waals surface area contributed by atoms with Crippen molar-refractivity contribution in [1.29, 1.82) is 0 Å². The topological polar surface area (TPSA) is 164 Å². The lowest BCUT2D eigenvalue weighted by Gasteiger charge is -2.29. The lowest BCUT2D eigenvalue weighted by Crippen LogP contribution is -2.49. The molecule has 4 amide bonds. The molecule has 0 fully saturated rings. The van der Waals surface area contributed by atoms with E-state index in [1.165, 1.54) is 0 Å². The molecule has 0 radical (unpaired) electrons. The number of aliphatic carboxylic acids is 1. The van der Waals surface area contributed by atoms with Gasteiger partial charge in [-0.1, -0.05) is 0 Å². The molecule has 0 spiro atoms. The van der Waals surface area contributed by atoms with E-state index in [0.717, 1.165) is 9.80 Å². The van der Waals surface area contributed by atoms with Crippen LogP contribution in [0.3, 0.4) is 0 Å². The molecule has 0 aromatic heterocycles. The Balaban J connectivity index is 5.27. The van der Waals surface area contributed by atoms with E-state index in [0.29, 0.717) is 0 Å². The van der Waals surface area contributed by atoms with Gasteiger partial charge in [0, 0.05) is 26.2 Å². The second-order valence-corrected chi connectivity index (χ2v) is 11.0. The molecule has 208 valence electrons. The van der Waals surface area contributed by atoms with Gasteiger partial charge in [-0.2, -0.15) is 0 Å². The molecule has 0 aliphatic carbocycles. The zero-order valence-electron chi connectivity index (χ0n) is 22.9. The van der Waals surface area contributed by atoms with E-state index in [9.17, 15) is 29.1 Å². The standard InChI is InChI=1S/C23H42N4O9/c1-21(2,3)34-18(31)24-10-12-26(15-17(29)30)16(28)14-27(20(33)36-23(7,8)9)13-11-25-19(32)35-22(4,5)6/h10-15H2,1-9H3,(H,24,31)(H,25,32)(H,29,30). The van der Waals surface area contributed by atoms with Crippen LogP contribution in [0.25, 0.3) is 0 Å². The Morgan fingerprint density at radius 3 is 1.39 bits per heavy atom. The first-order chi connectivity index (χ1) is 16.2. The molecule has 0 unspecified atom stereocenters. The third kappa shape index (κ3) is 17.2. The first-order valence-electron chi connectivity index (χ1n) is 11.6. The molecule has 3 N–H and O–H groups in total. The van der Waals surface area contributed by atoms with Gasteiger partial charge in [-0.05, 0) is 62.3 Å². The summed E-state index contributed by atoms with van der Waals surface area (Å²) in [4.78, 5) is 62.6. The third-order valence-electron chi connectivity index (χ3n) is 3.76. The Kier molecular flexibility index (Phi) is 12.5. The van der Waals surface area contributed by atoms with E-state index < -0.39 is 60.0 Å². The Morgan fingerprint density at radius 2 is 1.03 bits per heavy atom. The van der Waals surface area contributed by atoms with Gasteiger partial charge in [-0.25, -0.2) is 14.4 Å². The monoisotopic (exact) mass is 518 g/mol. The van der Waals surface area contributed by atoms with Gasteiger partial charge >= 0.3 is 24.2 Å². The summed E-state index contributed by atoms with van der Waals surface area (Å²) in [5.74, 6) is -1.96. The first-order valence-corrected chi connectivity index (χ1v) is 11.6. The molecule has 0 aromatic rings. The number of carbonyl (C=O) groups is 5. The van der Waals surface area contributed by atoms with E-state index in [-0.39, 0.29) is 26.2 Å². The maximum atomic E-state index is 12.9. The van der Waals surface area contributed by atoms with Crippen molar-refractivity contribution in [3.05, 3.63) is 0 Å². The zero-order chi connectivity index (χ0) is 28.3. The highest BCUT2D eigenvalue weighted by Crippen LogP contribution is 2.11. The minimum Gasteiger partial charge on any atom is -0.480 e. The molecule has 36 heavy (non-hydrogen) atoms. The van der Waals surface area contributed by atoms with E-state index in [2.05, 4.69) is 10.6 Å². The van der Waals surface area contributed by atoms with Crippen LogP contribution in [0.1, 0.15) is 62.3 Å². The van der Waals surface area contributed by atoms with Gasteiger partial charge < -0.3 is 34.9 Å². The van der Waals surface area contributed by atoms with Crippen LogP contribution in [0.2, 0.25) is 0 Å². The summed E-state index contributed by atoms with van der Waals surface area (Å²) in [7, 11) is 0. The van der Waals surface area contributed by atoms with Gasteiger partial charge in [0.15, 0.2) is 0 Å². The molecule has 0 saturated heterocycles. The number of amides is 4. The number of alkyl carbamates (subject to hydrolysis) is 2. The maximum absolute atomic E-state index is 12.9. The minimum absolute atomic E-state index is 0.0411. The van der Waals surface area contributed by atoms with E-state index >= 15 is 0 Å². The lowest BCUT2D eigenvalue weighted by atomic mass is 10.2. The Morgan fingerprint density at radius 1 is 0.639 bits per heavy atom. The number of nitrogens with one attached hydrogen (secondary N) is 2. The fraction of sp³-hybridized carbons (Fsp3) is 0.783. The minimum atomic E-state index is -1.27. The number of carboxylic acids is 1. The van der Waals surface area contributed by atoms with Crippen LogP contribution < -0.4 is 10.6 Å². The number of ether oxygens (including phenoxy) is 3. The number of hydrogen-bond donors (Lipinski definition) is 3. The fourth-order valence-corrected chi connectivity index (χ4v) is 2.49. The van der Waals surface area contributed by atoms with Crippen molar-refractivity contribution < 1.29 is 43.3 Å². The quantitative estimate of drug-likeness (QED) is 0.368. The molecule has 0 aliphatic heterocycles. The average Bonchev–Trinajstić information content (AvgIpc) is 2.61. The molecule has 0 bridgehead atoms. The first kappa shape index (κ1) is 32.8. The normalized spacial score (nSPS) is 11.7. The highest BCUT2D eigenvalue weighted by atomic mass is 16.6. The van der Waals surface area contributed by atoms with Crippen LogP contribution in [0, 0.1) is 0 Å². The van der Waals surface area contributed by atoms with Gasteiger partial charge in [-0.15, -0.1) is 0 Å². The molecule has 13 heteroatoms. The molecular weight excluding hydrogens is 476 g/mol. The molecule has 13 nitrogen and oxygen atoms in total. The molecule has 0 saturated carbocycles. The summed E-state index contributed by atoms with van der Waals surface area (Å²) >= 11 is 0. The van der Waals surface area contributed by atoms with Crippen LogP contribution >= 0.6 is 0 Å². The van der Waals surface area contributed by atoms with Crippen LogP contribution in [0.5, 0.6) is 0 Å². The SMILES string of the molecule is CC(C)(C)OC(=O)NCCN(CC(=O)O)C(=O)CN(CCNC(=O)OC(C)(C)C)C(=O)OC(C)(C)C.